The molecule has 0 radical (unpaired) electrons. The monoisotopic (exact) mass is 339 g/mol. The van der Waals surface area contributed by atoms with Crippen LogP contribution in [0.5, 0.6) is 11.5 Å². The minimum atomic E-state index is -3.53. The number of hydrogen-bond acceptors (Lipinski definition) is 4. The van der Waals surface area contributed by atoms with Crippen molar-refractivity contribution in [1.82, 2.24) is 0 Å². The standard InChI is InChI=1S/C19H17NO3S/c1-14-4-2-7-19(12-14)24(21,22)18-10-8-16(9-11-18)23-17-6-3-5-15(20)13-17/h2-13H,20H2,1H3. The van der Waals surface area contributed by atoms with E-state index in [-0.39, 0.29) is 9.79 Å². The summed E-state index contributed by atoms with van der Waals surface area (Å²) in [5, 5.41) is 0. The average molecular weight is 339 g/mol. The lowest BCUT2D eigenvalue weighted by molar-refractivity contribution is 0.482. The van der Waals surface area contributed by atoms with E-state index >= 15 is 0 Å². The summed E-state index contributed by atoms with van der Waals surface area (Å²) in [5.74, 6) is 1.15. The Hall–Kier alpha value is -2.79. The zero-order chi connectivity index (χ0) is 17.2. The summed E-state index contributed by atoms with van der Waals surface area (Å²) in [4.78, 5) is 0.514. The van der Waals surface area contributed by atoms with E-state index in [1.54, 1.807) is 66.7 Å². The molecular weight excluding hydrogens is 322 g/mol. The third-order valence-corrected chi connectivity index (χ3v) is 5.29. The highest BCUT2D eigenvalue weighted by atomic mass is 32.2. The zero-order valence-corrected chi connectivity index (χ0v) is 14.0. The minimum absolute atomic E-state index is 0.230. The molecule has 5 heteroatoms. The molecule has 3 aromatic rings. The predicted molar refractivity (Wildman–Crippen MR) is 94.0 cm³/mol. The second-order valence-corrected chi connectivity index (χ2v) is 7.42. The lowest BCUT2D eigenvalue weighted by Gasteiger charge is -2.08. The van der Waals surface area contributed by atoms with Crippen LogP contribution in [-0.2, 0) is 9.84 Å². The zero-order valence-electron chi connectivity index (χ0n) is 13.1. The van der Waals surface area contributed by atoms with Crippen LogP contribution in [0.25, 0.3) is 0 Å². The van der Waals surface area contributed by atoms with Crippen LogP contribution >= 0.6 is 0 Å². The molecule has 0 aliphatic carbocycles. The van der Waals surface area contributed by atoms with Gasteiger partial charge in [0.2, 0.25) is 9.84 Å². The molecule has 0 amide bonds. The van der Waals surface area contributed by atoms with Gasteiger partial charge in [0.1, 0.15) is 11.5 Å². The molecule has 3 rings (SSSR count). The van der Waals surface area contributed by atoms with Crippen molar-refractivity contribution < 1.29 is 13.2 Å². The van der Waals surface area contributed by atoms with Crippen molar-refractivity contribution in [3.8, 4) is 11.5 Å². The maximum absolute atomic E-state index is 12.6. The highest BCUT2D eigenvalue weighted by Gasteiger charge is 2.17. The van der Waals surface area contributed by atoms with Crippen LogP contribution in [0.4, 0.5) is 5.69 Å². The molecular formula is C19H17NO3S. The molecule has 0 unspecified atom stereocenters. The summed E-state index contributed by atoms with van der Waals surface area (Å²) in [6.07, 6.45) is 0. The van der Waals surface area contributed by atoms with Crippen LogP contribution in [0, 0.1) is 6.92 Å². The summed E-state index contributed by atoms with van der Waals surface area (Å²) >= 11 is 0. The molecule has 0 saturated carbocycles. The van der Waals surface area contributed by atoms with Gasteiger partial charge in [-0.1, -0.05) is 18.2 Å². The Kier molecular flexibility index (Phi) is 4.27. The Bertz CT molecular complexity index is 964. The van der Waals surface area contributed by atoms with Gasteiger partial charge in [-0.15, -0.1) is 0 Å². The summed E-state index contributed by atoms with van der Waals surface area (Å²) in [5.41, 5.74) is 7.21. The number of anilines is 1. The number of ether oxygens (including phenoxy) is 1. The van der Waals surface area contributed by atoms with Crippen molar-refractivity contribution in [2.24, 2.45) is 0 Å². The molecule has 4 nitrogen and oxygen atoms in total. The fraction of sp³-hybridized carbons (Fsp3) is 0.0526. The van der Waals surface area contributed by atoms with E-state index in [1.165, 1.54) is 0 Å². The van der Waals surface area contributed by atoms with Gasteiger partial charge >= 0.3 is 0 Å². The van der Waals surface area contributed by atoms with Gasteiger partial charge < -0.3 is 10.5 Å². The fourth-order valence-electron chi connectivity index (χ4n) is 2.32. The van der Waals surface area contributed by atoms with Gasteiger partial charge in [0.15, 0.2) is 0 Å². The van der Waals surface area contributed by atoms with E-state index in [9.17, 15) is 8.42 Å². The lowest BCUT2D eigenvalue weighted by Crippen LogP contribution is -2.02. The summed E-state index contributed by atoms with van der Waals surface area (Å²) in [6, 6.07) is 20.3. The first-order valence-electron chi connectivity index (χ1n) is 7.40. The molecule has 0 atom stereocenters. The first-order valence-corrected chi connectivity index (χ1v) is 8.89. The van der Waals surface area contributed by atoms with Gasteiger partial charge in [0.25, 0.3) is 0 Å². The van der Waals surface area contributed by atoms with Crippen LogP contribution in [0.15, 0.2) is 82.6 Å². The van der Waals surface area contributed by atoms with E-state index in [2.05, 4.69) is 0 Å². The summed E-state index contributed by atoms with van der Waals surface area (Å²) < 4.78 is 31.0. The molecule has 3 aromatic carbocycles. The molecule has 0 aliphatic heterocycles. The molecule has 122 valence electrons. The van der Waals surface area contributed by atoms with Crippen molar-refractivity contribution >= 4 is 15.5 Å². The largest absolute Gasteiger partial charge is 0.457 e. The molecule has 0 saturated heterocycles. The van der Waals surface area contributed by atoms with Crippen molar-refractivity contribution in [2.45, 2.75) is 16.7 Å². The highest BCUT2D eigenvalue weighted by molar-refractivity contribution is 7.91. The van der Waals surface area contributed by atoms with E-state index in [4.69, 9.17) is 10.5 Å². The lowest BCUT2D eigenvalue weighted by atomic mass is 10.2. The Morgan fingerprint density at radius 2 is 1.50 bits per heavy atom. The van der Waals surface area contributed by atoms with Crippen LogP contribution in [0.1, 0.15) is 5.56 Å². The molecule has 0 aromatic heterocycles. The Morgan fingerprint density at radius 1 is 0.792 bits per heavy atom. The predicted octanol–water partition coefficient (Wildman–Crippen LogP) is 4.20. The number of aryl methyl sites for hydroxylation is 1. The Balaban J connectivity index is 1.86. The first kappa shape index (κ1) is 16.1. The molecule has 0 spiro atoms. The van der Waals surface area contributed by atoms with E-state index in [0.29, 0.717) is 17.2 Å². The van der Waals surface area contributed by atoms with E-state index in [1.807, 2.05) is 13.0 Å². The SMILES string of the molecule is Cc1cccc(S(=O)(=O)c2ccc(Oc3cccc(N)c3)cc2)c1. The normalized spacial score (nSPS) is 11.2. The van der Waals surface area contributed by atoms with Gasteiger partial charge in [-0.05, 0) is 61.0 Å². The number of rotatable bonds is 4. The maximum atomic E-state index is 12.6. The van der Waals surface area contributed by atoms with Crippen LogP contribution in [0.2, 0.25) is 0 Å². The highest BCUT2D eigenvalue weighted by Crippen LogP contribution is 2.27. The fourth-order valence-corrected chi connectivity index (χ4v) is 3.68. The van der Waals surface area contributed by atoms with Crippen molar-refractivity contribution in [3.05, 3.63) is 78.4 Å². The maximum Gasteiger partial charge on any atom is 0.206 e. The number of hydrogen-bond donors (Lipinski definition) is 1. The van der Waals surface area contributed by atoms with E-state index in [0.717, 1.165) is 5.56 Å². The number of nitrogens with two attached hydrogens (primary N) is 1. The van der Waals surface area contributed by atoms with Gasteiger partial charge in [0.05, 0.1) is 9.79 Å². The molecule has 24 heavy (non-hydrogen) atoms. The summed E-state index contributed by atoms with van der Waals surface area (Å²) in [7, 11) is -3.53. The van der Waals surface area contributed by atoms with Crippen LogP contribution in [0.3, 0.4) is 0 Å². The van der Waals surface area contributed by atoms with Gasteiger partial charge in [0, 0.05) is 11.8 Å². The van der Waals surface area contributed by atoms with Crippen molar-refractivity contribution in [3.63, 3.8) is 0 Å². The van der Waals surface area contributed by atoms with Crippen molar-refractivity contribution in [2.75, 3.05) is 5.73 Å². The van der Waals surface area contributed by atoms with Gasteiger partial charge in [-0.3, -0.25) is 0 Å². The van der Waals surface area contributed by atoms with Crippen LogP contribution in [-0.4, -0.2) is 8.42 Å². The molecule has 0 heterocycles. The average Bonchev–Trinajstić information content (AvgIpc) is 2.55. The Labute approximate surface area is 141 Å². The Morgan fingerprint density at radius 3 is 2.17 bits per heavy atom. The summed E-state index contributed by atoms with van der Waals surface area (Å²) in [6.45, 7) is 1.86. The second-order valence-electron chi connectivity index (χ2n) is 5.47. The third-order valence-electron chi connectivity index (χ3n) is 3.53. The molecule has 0 aliphatic rings. The molecule has 0 fully saturated rings. The number of nitrogen functional groups attached to an aromatic ring is 1. The minimum Gasteiger partial charge on any atom is -0.457 e. The first-order chi connectivity index (χ1) is 11.4. The smallest absolute Gasteiger partial charge is 0.206 e. The van der Waals surface area contributed by atoms with Gasteiger partial charge in [-0.2, -0.15) is 0 Å². The van der Waals surface area contributed by atoms with Gasteiger partial charge in [-0.25, -0.2) is 8.42 Å². The second kappa shape index (κ2) is 6.37. The topological polar surface area (TPSA) is 69.4 Å². The third kappa shape index (κ3) is 3.41. The van der Waals surface area contributed by atoms with E-state index < -0.39 is 9.84 Å². The molecule has 0 bridgehead atoms. The van der Waals surface area contributed by atoms with Crippen LogP contribution < -0.4 is 10.5 Å². The number of sulfone groups is 1. The van der Waals surface area contributed by atoms with Crippen molar-refractivity contribution in [1.29, 1.82) is 0 Å². The molecule has 2 N–H and O–H groups in total. The quantitative estimate of drug-likeness (QED) is 0.723. The number of benzene rings is 3.